The molecule has 18 heavy (non-hydrogen) atoms. The van der Waals surface area contributed by atoms with Gasteiger partial charge < -0.3 is 14.6 Å². The lowest BCUT2D eigenvalue weighted by atomic mass is 10.2. The third-order valence-electron chi connectivity index (χ3n) is 3.85. The van der Waals surface area contributed by atoms with Gasteiger partial charge in [0, 0.05) is 45.3 Å². The summed E-state index contributed by atoms with van der Waals surface area (Å²) in [6.45, 7) is 5.97. The van der Waals surface area contributed by atoms with E-state index in [1.165, 1.54) is 0 Å². The van der Waals surface area contributed by atoms with E-state index in [4.69, 9.17) is 4.42 Å². The molecule has 0 saturated carbocycles. The SMILES string of the molecule is O=C(c1ccco1)N1CCC(N2CCNCC2)C1. The Bertz CT molecular complexity index is 398. The van der Waals surface area contributed by atoms with Crippen LogP contribution in [0.25, 0.3) is 0 Å². The first-order chi connectivity index (χ1) is 8.84. The Morgan fingerprint density at radius 3 is 2.89 bits per heavy atom. The lowest BCUT2D eigenvalue weighted by molar-refractivity contribution is 0.0742. The highest BCUT2D eigenvalue weighted by atomic mass is 16.3. The van der Waals surface area contributed by atoms with Gasteiger partial charge in [-0.25, -0.2) is 0 Å². The van der Waals surface area contributed by atoms with Gasteiger partial charge in [0.05, 0.1) is 6.26 Å². The van der Waals surface area contributed by atoms with Crippen molar-refractivity contribution >= 4 is 5.91 Å². The Morgan fingerprint density at radius 2 is 2.17 bits per heavy atom. The monoisotopic (exact) mass is 249 g/mol. The second-order valence-electron chi connectivity index (χ2n) is 4.96. The quantitative estimate of drug-likeness (QED) is 0.824. The molecule has 3 heterocycles. The standard InChI is InChI=1S/C13H19N3O2/c17-13(12-2-1-9-18-12)16-6-3-11(10-16)15-7-4-14-5-8-15/h1-2,9,11,14H,3-8,10H2. The fourth-order valence-corrected chi connectivity index (χ4v) is 2.83. The smallest absolute Gasteiger partial charge is 0.289 e. The number of hydrogen-bond donors (Lipinski definition) is 1. The summed E-state index contributed by atoms with van der Waals surface area (Å²) in [5.74, 6) is 0.480. The van der Waals surface area contributed by atoms with Crippen molar-refractivity contribution in [3.8, 4) is 0 Å². The molecule has 1 amide bonds. The number of nitrogens with one attached hydrogen (secondary N) is 1. The molecular weight excluding hydrogens is 230 g/mol. The van der Waals surface area contributed by atoms with Crippen molar-refractivity contribution in [3.63, 3.8) is 0 Å². The van der Waals surface area contributed by atoms with E-state index in [0.717, 1.165) is 45.7 Å². The third kappa shape index (κ3) is 2.28. The third-order valence-corrected chi connectivity index (χ3v) is 3.85. The first-order valence-electron chi connectivity index (χ1n) is 6.62. The van der Waals surface area contributed by atoms with Crippen LogP contribution in [0.3, 0.4) is 0 Å². The molecule has 1 N–H and O–H groups in total. The van der Waals surface area contributed by atoms with Crippen molar-refractivity contribution in [3.05, 3.63) is 24.2 Å². The van der Waals surface area contributed by atoms with E-state index in [2.05, 4.69) is 10.2 Å². The maximum absolute atomic E-state index is 12.1. The Morgan fingerprint density at radius 1 is 1.33 bits per heavy atom. The summed E-state index contributed by atoms with van der Waals surface area (Å²) in [6, 6.07) is 4.02. The number of piperazine rings is 1. The number of furan rings is 1. The first-order valence-corrected chi connectivity index (χ1v) is 6.62. The number of rotatable bonds is 2. The summed E-state index contributed by atoms with van der Waals surface area (Å²) >= 11 is 0. The average molecular weight is 249 g/mol. The highest BCUT2D eigenvalue weighted by molar-refractivity contribution is 5.91. The normalized spacial score (nSPS) is 25.6. The van der Waals surface area contributed by atoms with E-state index >= 15 is 0 Å². The number of hydrogen-bond acceptors (Lipinski definition) is 4. The van der Waals surface area contributed by atoms with E-state index in [0.29, 0.717) is 11.8 Å². The maximum atomic E-state index is 12.1. The molecule has 0 aliphatic carbocycles. The predicted molar refractivity (Wildman–Crippen MR) is 67.5 cm³/mol. The van der Waals surface area contributed by atoms with Crippen molar-refractivity contribution in [2.45, 2.75) is 12.5 Å². The Labute approximate surface area is 107 Å². The summed E-state index contributed by atoms with van der Waals surface area (Å²) < 4.78 is 5.17. The number of nitrogens with zero attached hydrogens (tertiary/aromatic N) is 2. The molecule has 2 aliphatic heterocycles. The van der Waals surface area contributed by atoms with Gasteiger partial charge in [-0.1, -0.05) is 0 Å². The minimum absolute atomic E-state index is 0.0256. The number of carbonyl (C=O) groups excluding carboxylic acids is 1. The van der Waals surface area contributed by atoms with E-state index in [-0.39, 0.29) is 5.91 Å². The van der Waals surface area contributed by atoms with Gasteiger partial charge in [-0.15, -0.1) is 0 Å². The lowest BCUT2D eigenvalue weighted by Crippen LogP contribution is -2.49. The molecule has 3 rings (SSSR count). The zero-order valence-electron chi connectivity index (χ0n) is 10.5. The molecule has 0 spiro atoms. The predicted octanol–water partition coefficient (Wildman–Crippen LogP) is 0.399. The minimum atomic E-state index is 0.0256. The van der Waals surface area contributed by atoms with Crippen LogP contribution in [0.4, 0.5) is 0 Å². The second kappa shape index (κ2) is 5.12. The molecule has 2 saturated heterocycles. The van der Waals surface area contributed by atoms with Gasteiger partial charge in [0.2, 0.25) is 0 Å². The summed E-state index contributed by atoms with van der Waals surface area (Å²) in [6.07, 6.45) is 2.63. The molecule has 0 bridgehead atoms. The Hall–Kier alpha value is -1.33. The molecular formula is C13H19N3O2. The highest BCUT2D eigenvalue weighted by Crippen LogP contribution is 2.18. The molecule has 5 nitrogen and oxygen atoms in total. The second-order valence-corrected chi connectivity index (χ2v) is 4.96. The van der Waals surface area contributed by atoms with Crippen LogP contribution in [-0.4, -0.2) is 61.0 Å². The molecule has 2 aliphatic rings. The molecule has 0 radical (unpaired) electrons. The molecule has 5 heteroatoms. The average Bonchev–Trinajstić information content (AvgIpc) is 3.10. The molecule has 0 aromatic carbocycles. The number of carbonyl (C=O) groups is 1. The van der Waals surface area contributed by atoms with Crippen LogP contribution in [0.15, 0.2) is 22.8 Å². The van der Waals surface area contributed by atoms with Gasteiger partial charge in [0.15, 0.2) is 5.76 Å². The lowest BCUT2D eigenvalue weighted by Gasteiger charge is -2.32. The summed E-state index contributed by atoms with van der Waals surface area (Å²) in [4.78, 5) is 16.5. The number of amides is 1. The van der Waals surface area contributed by atoms with Crippen molar-refractivity contribution in [1.29, 1.82) is 0 Å². The van der Waals surface area contributed by atoms with Crippen LogP contribution in [-0.2, 0) is 0 Å². The van der Waals surface area contributed by atoms with Gasteiger partial charge in [0.25, 0.3) is 5.91 Å². The van der Waals surface area contributed by atoms with Crippen molar-refractivity contribution in [2.75, 3.05) is 39.3 Å². The fraction of sp³-hybridized carbons (Fsp3) is 0.615. The van der Waals surface area contributed by atoms with E-state index in [9.17, 15) is 4.79 Å². The van der Waals surface area contributed by atoms with Crippen molar-refractivity contribution < 1.29 is 9.21 Å². The van der Waals surface area contributed by atoms with Crippen LogP contribution in [0, 0.1) is 0 Å². The zero-order valence-corrected chi connectivity index (χ0v) is 10.5. The van der Waals surface area contributed by atoms with Crippen LogP contribution in [0.1, 0.15) is 17.0 Å². The largest absolute Gasteiger partial charge is 0.459 e. The molecule has 1 atom stereocenters. The summed E-state index contributed by atoms with van der Waals surface area (Å²) in [5, 5.41) is 3.36. The van der Waals surface area contributed by atoms with Crippen LogP contribution in [0.2, 0.25) is 0 Å². The Kier molecular flexibility index (Phi) is 3.34. The first kappa shape index (κ1) is 11.7. The molecule has 98 valence electrons. The van der Waals surface area contributed by atoms with E-state index in [1.807, 2.05) is 4.90 Å². The van der Waals surface area contributed by atoms with Gasteiger partial charge in [0.1, 0.15) is 0 Å². The van der Waals surface area contributed by atoms with Crippen LogP contribution >= 0.6 is 0 Å². The highest BCUT2D eigenvalue weighted by Gasteiger charge is 2.31. The van der Waals surface area contributed by atoms with E-state index in [1.54, 1.807) is 18.4 Å². The van der Waals surface area contributed by atoms with Gasteiger partial charge in [-0.2, -0.15) is 0 Å². The van der Waals surface area contributed by atoms with Crippen molar-refractivity contribution in [1.82, 2.24) is 15.1 Å². The van der Waals surface area contributed by atoms with Crippen molar-refractivity contribution in [2.24, 2.45) is 0 Å². The topological polar surface area (TPSA) is 48.7 Å². The fourth-order valence-electron chi connectivity index (χ4n) is 2.83. The Balaban J connectivity index is 1.59. The van der Waals surface area contributed by atoms with Crippen LogP contribution < -0.4 is 5.32 Å². The molecule has 1 aromatic heterocycles. The van der Waals surface area contributed by atoms with Gasteiger partial charge >= 0.3 is 0 Å². The minimum Gasteiger partial charge on any atom is -0.459 e. The van der Waals surface area contributed by atoms with Gasteiger partial charge in [-0.3, -0.25) is 9.69 Å². The zero-order chi connectivity index (χ0) is 12.4. The van der Waals surface area contributed by atoms with Crippen LogP contribution in [0.5, 0.6) is 0 Å². The number of likely N-dealkylation sites (tertiary alicyclic amines) is 1. The maximum Gasteiger partial charge on any atom is 0.289 e. The summed E-state index contributed by atoms with van der Waals surface area (Å²) in [5.41, 5.74) is 0. The van der Waals surface area contributed by atoms with Gasteiger partial charge in [-0.05, 0) is 18.6 Å². The summed E-state index contributed by atoms with van der Waals surface area (Å²) in [7, 11) is 0. The molecule has 1 aromatic rings. The van der Waals surface area contributed by atoms with E-state index < -0.39 is 0 Å². The molecule has 1 unspecified atom stereocenters. The molecule has 2 fully saturated rings.